The maximum absolute atomic E-state index is 12.7. The highest BCUT2D eigenvalue weighted by Gasteiger charge is 2.51. The summed E-state index contributed by atoms with van der Waals surface area (Å²) in [4.78, 5) is 26.4. The molecule has 1 saturated carbocycles. The number of hydrogen-bond acceptors (Lipinski definition) is 3. The van der Waals surface area contributed by atoms with Crippen molar-refractivity contribution < 1.29 is 14.7 Å². The van der Waals surface area contributed by atoms with Crippen LogP contribution in [0.15, 0.2) is 42.5 Å². The van der Waals surface area contributed by atoms with Gasteiger partial charge < -0.3 is 10.4 Å². The molecule has 0 saturated heterocycles. The SMILES string of the molecule is O=C1c2ccccc2C(O)N1c1ccc2c(c1)C1(CCC1)C(=O)N2. The van der Waals surface area contributed by atoms with Crippen LogP contribution in [0.25, 0.3) is 0 Å². The number of carbonyl (C=O) groups excluding carboxylic acids is 2. The summed E-state index contributed by atoms with van der Waals surface area (Å²) in [7, 11) is 0. The van der Waals surface area contributed by atoms with Gasteiger partial charge in [0.1, 0.15) is 0 Å². The van der Waals surface area contributed by atoms with E-state index < -0.39 is 11.6 Å². The predicted octanol–water partition coefficient (Wildman–Crippen LogP) is 2.71. The Hall–Kier alpha value is -2.66. The van der Waals surface area contributed by atoms with Gasteiger partial charge in [-0.05, 0) is 42.7 Å². The zero-order valence-electron chi connectivity index (χ0n) is 13.0. The van der Waals surface area contributed by atoms with Crippen molar-refractivity contribution in [2.24, 2.45) is 0 Å². The summed E-state index contributed by atoms with van der Waals surface area (Å²) in [6, 6.07) is 12.6. The van der Waals surface area contributed by atoms with Gasteiger partial charge in [-0.3, -0.25) is 14.5 Å². The van der Waals surface area contributed by atoms with E-state index in [0.29, 0.717) is 16.8 Å². The Bertz CT molecular complexity index is 901. The number of nitrogens with one attached hydrogen (secondary N) is 1. The minimum Gasteiger partial charge on any atom is -0.369 e. The van der Waals surface area contributed by atoms with Crippen LogP contribution in [0.1, 0.15) is 47.0 Å². The van der Waals surface area contributed by atoms with E-state index in [9.17, 15) is 14.7 Å². The molecule has 5 nitrogen and oxygen atoms in total. The number of carbonyl (C=O) groups is 2. The van der Waals surface area contributed by atoms with Gasteiger partial charge in [0.15, 0.2) is 6.23 Å². The standard InChI is InChI=1S/C19H16N2O3/c22-16-12-4-1-2-5-13(12)17(23)21(16)11-6-7-15-14(10-11)19(8-3-9-19)18(24)20-15/h1-2,4-7,10,16,22H,3,8-9H2,(H,20,24). The number of fused-ring (bicyclic) bond motifs is 3. The number of hydrogen-bond donors (Lipinski definition) is 2. The molecular formula is C19H16N2O3. The monoisotopic (exact) mass is 320 g/mol. The maximum atomic E-state index is 12.7. The fraction of sp³-hybridized carbons (Fsp3) is 0.263. The lowest BCUT2D eigenvalue weighted by Crippen LogP contribution is -2.41. The second-order valence-electron chi connectivity index (χ2n) is 6.76. The van der Waals surface area contributed by atoms with E-state index in [0.717, 1.165) is 30.5 Å². The Morgan fingerprint density at radius 3 is 2.62 bits per heavy atom. The van der Waals surface area contributed by atoms with Crippen LogP contribution in [-0.4, -0.2) is 16.9 Å². The maximum Gasteiger partial charge on any atom is 0.261 e. The topological polar surface area (TPSA) is 69.6 Å². The van der Waals surface area contributed by atoms with Crippen molar-refractivity contribution >= 4 is 23.2 Å². The van der Waals surface area contributed by atoms with Gasteiger partial charge in [0.05, 0.1) is 5.41 Å². The summed E-state index contributed by atoms with van der Waals surface area (Å²) in [5.74, 6) is -0.157. The lowest BCUT2D eigenvalue weighted by molar-refractivity contribution is -0.123. The molecule has 1 unspecified atom stereocenters. The molecule has 2 aliphatic heterocycles. The van der Waals surface area contributed by atoms with Gasteiger partial charge in [-0.25, -0.2) is 0 Å². The molecule has 24 heavy (non-hydrogen) atoms. The first-order chi connectivity index (χ1) is 11.6. The fourth-order valence-corrected chi connectivity index (χ4v) is 4.13. The molecule has 2 N–H and O–H groups in total. The molecule has 2 heterocycles. The van der Waals surface area contributed by atoms with E-state index in [4.69, 9.17) is 0 Å². The van der Waals surface area contributed by atoms with Crippen molar-refractivity contribution in [3.05, 3.63) is 59.2 Å². The van der Waals surface area contributed by atoms with Crippen molar-refractivity contribution in [1.29, 1.82) is 0 Å². The van der Waals surface area contributed by atoms with Crippen LogP contribution in [0.4, 0.5) is 11.4 Å². The number of nitrogens with zero attached hydrogens (tertiary/aromatic N) is 1. The van der Waals surface area contributed by atoms with E-state index in [1.54, 1.807) is 24.3 Å². The van der Waals surface area contributed by atoms with Crippen LogP contribution >= 0.6 is 0 Å². The van der Waals surface area contributed by atoms with E-state index in [2.05, 4.69) is 5.32 Å². The molecular weight excluding hydrogens is 304 g/mol. The van der Waals surface area contributed by atoms with Crippen LogP contribution in [0.3, 0.4) is 0 Å². The summed E-state index contributed by atoms with van der Waals surface area (Å²) in [5.41, 5.74) is 3.11. The fourth-order valence-electron chi connectivity index (χ4n) is 4.13. The predicted molar refractivity (Wildman–Crippen MR) is 88.8 cm³/mol. The second kappa shape index (κ2) is 4.45. The van der Waals surface area contributed by atoms with Gasteiger partial charge in [-0.2, -0.15) is 0 Å². The Morgan fingerprint density at radius 2 is 1.92 bits per heavy atom. The van der Waals surface area contributed by atoms with Gasteiger partial charge in [-0.15, -0.1) is 0 Å². The largest absolute Gasteiger partial charge is 0.369 e. The molecule has 2 aromatic carbocycles. The van der Waals surface area contributed by atoms with E-state index in [1.165, 1.54) is 4.90 Å². The summed E-state index contributed by atoms with van der Waals surface area (Å²) < 4.78 is 0. The van der Waals surface area contributed by atoms with Crippen LogP contribution in [0, 0.1) is 0 Å². The minimum absolute atomic E-state index is 0.0532. The smallest absolute Gasteiger partial charge is 0.261 e. The molecule has 1 aliphatic carbocycles. The first-order valence-corrected chi connectivity index (χ1v) is 8.18. The van der Waals surface area contributed by atoms with Gasteiger partial charge in [0.25, 0.3) is 5.91 Å². The molecule has 3 aliphatic rings. The third-order valence-electron chi connectivity index (χ3n) is 5.62. The molecule has 0 bridgehead atoms. The van der Waals surface area contributed by atoms with Crippen LogP contribution in [-0.2, 0) is 10.2 Å². The summed E-state index contributed by atoms with van der Waals surface area (Å²) in [6.07, 6.45) is 1.72. The molecule has 2 aromatic rings. The number of benzene rings is 2. The highest BCUT2D eigenvalue weighted by atomic mass is 16.3. The van der Waals surface area contributed by atoms with Gasteiger partial charge >= 0.3 is 0 Å². The lowest BCUT2D eigenvalue weighted by atomic mass is 9.65. The van der Waals surface area contributed by atoms with Crippen LogP contribution in [0.2, 0.25) is 0 Å². The lowest BCUT2D eigenvalue weighted by Gasteiger charge is -2.36. The molecule has 120 valence electrons. The number of aliphatic hydroxyl groups is 1. The van der Waals surface area contributed by atoms with Crippen LogP contribution in [0.5, 0.6) is 0 Å². The first kappa shape index (κ1) is 13.7. The molecule has 5 rings (SSSR count). The van der Waals surface area contributed by atoms with Crippen molar-refractivity contribution in [2.75, 3.05) is 10.2 Å². The van der Waals surface area contributed by atoms with E-state index >= 15 is 0 Å². The molecule has 2 amide bonds. The third-order valence-corrected chi connectivity index (χ3v) is 5.62. The van der Waals surface area contributed by atoms with Gasteiger partial charge in [0.2, 0.25) is 5.91 Å². The molecule has 0 radical (unpaired) electrons. The van der Waals surface area contributed by atoms with Gasteiger partial charge in [0, 0.05) is 22.5 Å². The van der Waals surface area contributed by atoms with Crippen LogP contribution < -0.4 is 10.2 Å². The zero-order valence-corrected chi connectivity index (χ0v) is 13.0. The van der Waals surface area contributed by atoms with Crippen molar-refractivity contribution in [2.45, 2.75) is 30.9 Å². The van der Waals surface area contributed by atoms with Crippen molar-refractivity contribution in [1.82, 2.24) is 0 Å². The number of rotatable bonds is 1. The molecule has 5 heteroatoms. The summed E-state index contributed by atoms with van der Waals surface area (Å²) in [6.45, 7) is 0. The number of aliphatic hydroxyl groups excluding tert-OH is 1. The van der Waals surface area contributed by atoms with Gasteiger partial charge in [-0.1, -0.05) is 24.6 Å². The Labute approximate surface area is 138 Å². The average molecular weight is 320 g/mol. The molecule has 0 aromatic heterocycles. The Balaban J connectivity index is 1.61. The van der Waals surface area contributed by atoms with E-state index in [-0.39, 0.29) is 11.8 Å². The second-order valence-corrected chi connectivity index (χ2v) is 6.76. The minimum atomic E-state index is -0.992. The van der Waals surface area contributed by atoms with Crippen molar-refractivity contribution in [3.8, 4) is 0 Å². The first-order valence-electron chi connectivity index (χ1n) is 8.18. The van der Waals surface area contributed by atoms with E-state index in [1.807, 2.05) is 18.2 Å². The summed E-state index contributed by atoms with van der Waals surface area (Å²) >= 11 is 0. The quantitative estimate of drug-likeness (QED) is 0.849. The van der Waals surface area contributed by atoms with Crippen molar-refractivity contribution in [3.63, 3.8) is 0 Å². The average Bonchev–Trinajstić information content (AvgIpc) is 2.98. The summed E-state index contributed by atoms with van der Waals surface area (Å²) in [5, 5.41) is 13.5. The third kappa shape index (κ3) is 1.52. The Kier molecular flexibility index (Phi) is 2.55. The number of anilines is 2. The highest BCUT2D eigenvalue weighted by molar-refractivity contribution is 6.12. The molecule has 1 fully saturated rings. The zero-order chi connectivity index (χ0) is 16.5. The molecule has 1 atom stereocenters. The molecule has 1 spiro atoms. The highest BCUT2D eigenvalue weighted by Crippen LogP contribution is 2.52. The Morgan fingerprint density at radius 1 is 1.12 bits per heavy atom. The normalized spacial score (nSPS) is 23.0. The number of amides is 2.